The second-order valence-corrected chi connectivity index (χ2v) is 12.9. The van der Waals surface area contributed by atoms with Gasteiger partial charge in [0.25, 0.3) is 10.1 Å². The van der Waals surface area contributed by atoms with E-state index in [2.05, 4.69) is 10.3 Å². The maximum Gasteiger partial charge on any atom is 0.267 e. The number of fused-ring (bicyclic) bond motifs is 1. The number of benzene rings is 1. The summed E-state index contributed by atoms with van der Waals surface area (Å²) in [6.07, 6.45) is 0.601. The van der Waals surface area contributed by atoms with Crippen molar-refractivity contribution in [2.75, 3.05) is 18.3 Å². The zero-order chi connectivity index (χ0) is 21.4. The lowest BCUT2D eigenvalue weighted by atomic mass is 9.96. The number of rotatable bonds is 7. The number of hydrogen-bond donors (Lipinski definition) is 3. The molecule has 1 aromatic heterocycles. The first-order valence-corrected chi connectivity index (χ1v) is 13.8. The number of anilines is 1. The molecule has 4 unspecified atom stereocenters. The van der Waals surface area contributed by atoms with Gasteiger partial charge in [-0.1, -0.05) is 0 Å². The van der Waals surface area contributed by atoms with Crippen molar-refractivity contribution in [3.05, 3.63) is 18.2 Å². The Labute approximate surface area is 174 Å². The van der Waals surface area contributed by atoms with Crippen LogP contribution in [0.3, 0.4) is 0 Å². The van der Waals surface area contributed by atoms with E-state index in [1.165, 1.54) is 0 Å². The molecule has 0 bridgehead atoms. The molecule has 0 saturated heterocycles. The zero-order valence-electron chi connectivity index (χ0n) is 15.2. The van der Waals surface area contributed by atoms with Gasteiger partial charge in [0.2, 0.25) is 14.2 Å². The fourth-order valence-electron chi connectivity index (χ4n) is 3.13. The molecule has 0 radical (unpaired) electrons. The molecule has 1 aromatic carbocycles. The third-order valence-corrected chi connectivity index (χ3v) is 9.44. The summed E-state index contributed by atoms with van der Waals surface area (Å²) in [5.41, 5.74) is 1.20. The Morgan fingerprint density at radius 3 is 2.62 bits per heavy atom. The van der Waals surface area contributed by atoms with Crippen LogP contribution in [0.1, 0.15) is 19.3 Å². The molecule has 14 heteroatoms. The molecule has 1 saturated carbocycles. The minimum absolute atomic E-state index is 0.00308. The van der Waals surface area contributed by atoms with Gasteiger partial charge >= 0.3 is 0 Å². The van der Waals surface area contributed by atoms with E-state index in [0.717, 1.165) is 17.6 Å². The summed E-state index contributed by atoms with van der Waals surface area (Å²) in [5.74, 6) is 0. The van der Waals surface area contributed by atoms with Gasteiger partial charge in [-0.2, -0.15) is 8.42 Å². The summed E-state index contributed by atoms with van der Waals surface area (Å²) in [7, 11) is -7.73. The molecule has 1 heterocycles. The van der Waals surface area contributed by atoms with Crippen LogP contribution in [0.2, 0.25) is 0 Å². The predicted octanol–water partition coefficient (Wildman–Crippen LogP) is 1.49. The Morgan fingerprint density at radius 1 is 1.28 bits per heavy atom. The minimum Gasteiger partial charge on any atom is -0.363 e. The number of thiazole rings is 1. The van der Waals surface area contributed by atoms with Crippen molar-refractivity contribution >= 4 is 58.3 Å². The van der Waals surface area contributed by atoms with Crippen LogP contribution in [0.5, 0.6) is 0 Å². The lowest BCUT2D eigenvalue weighted by Gasteiger charge is -2.31. The molecule has 162 valence electrons. The summed E-state index contributed by atoms with van der Waals surface area (Å²) in [4.78, 5) is 4.07. The average molecular weight is 485 g/mol. The topological polar surface area (TPSA) is 160 Å². The minimum atomic E-state index is -4.34. The van der Waals surface area contributed by atoms with E-state index in [1.807, 2.05) is 0 Å². The Balaban J connectivity index is 1.64. The number of hydrogen-bond acceptors (Lipinski definition) is 9. The van der Waals surface area contributed by atoms with Gasteiger partial charge in [0.15, 0.2) is 11.1 Å². The lowest BCUT2D eigenvalue weighted by molar-refractivity contribution is 0.0411. The normalized spacial score (nSPS) is 24.4. The van der Waals surface area contributed by atoms with Crippen LogP contribution in [0.25, 0.3) is 10.2 Å². The lowest BCUT2D eigenvalue weighted by Crippen LogP contribution is -2.40. The molecule has 1 fully saturated rings. The number of nitrogens with one attached hydrogen (secondary N) is 1. The Hall–Kier alpha value is -1.16. The highest BCUT2D eigenvalue weighted by Crippen LogP contribution is 2.30. The molecule has 3 N–H and O–H groups in total. The first kappa shape index (κ1) is 22.5. The third kappa shape index (κ3) is 5.71. The van der Waals surface area contributed by atoms with E-state index >= 15 is 0 Å². The molecular formula is C15H20N2O8S4. The van der Waals surface area contributed by atoms with Crippen molar-refractivity contribution in [1.29, 1.82) is 0 Å². The van der Waals surface area contributed by atoms with Crippen LogP contribution in [-0.4, -0.2) is 64.7 Å². The highest BCUT2D eigenvalue weighted by Gasteiger charge is 2.38. The summed E-state index contributed by atoms with van der Waals surface area (Å²) in [6.45, 7) is -0.00308. The van der Waals surface area contributed by atoms with Crippen LogP contribution in [0.4, 0.5) is 5.69 Å². The predicted molar refractivity (Wildman–Crippen MR) is 110 cm³/mol. The van der Waals surface area contributed by atoms with Gasteiger partial charge in [-0.25, -0.2) is 17.6 Å². The number of aromatic nitrogens is 1. The van der Waals surface area contributed by atoms with Crippen molar-refractivity contribution in [2.24, 2.45) is 0 Å². The molecule has 1 aliphatic carbocycles. The molecule has 29 heavy (non-hydrogen) atoms. The van der Waals surface area contributed by atoms with E-state index < -0.39 is 47.6 Å². The zero-order valence-corrected chi connectivity index (χ0v) is 18.5. The van der Waals surface area contributed by atoms with Gasteiger partial charge < -0.3 is 14.6 Å². The van der Waals surface area contributed by atoms with Crippen molar-refractivity contribution < 1.29 is 34.9 Å². The van der Waals surface area contributed by atoms with E-state index in [1.54, 1.807) is 18.2 Å². The van der Waals surface area contributed by atoms with Gasteiger partial charge in [0, 0.05) is 11.9 Å². The average Bonchev–Trinajstić information content (AvgIpc) is 3.04. The quantitative estimate of drug-likeness (QED) is 0.298. The SMILES string of the molecule is CS(=O)(=O)c1nc2ccc(NCOC3CC(S(=O)O)CC(S(=O)(=O)O)C3)cc2s1. The molecule has 10 nitrogen and oxygen atoms in total. The van der Waals surface area contributed by atoms with Gasteiger partial charge in [-0.05, 0) is 37.5 Å². The first-order valence-electron chi connectivity index (χ1n) is 8.45. The number of nitrogens with zero attached hydrogens (tertiary/aromatic N) is 1. The highest BCUT2D eigenvalue weighted by molar-refractivity contribution is 7.92. The smallest absolute Gasteiger partial charge is 0.267 e. The van der Waals surface area contributed by atoms with E-state index in [0.29, 0.717) is 15.9 Å². The molecule has 0 amide bonds. The first-order chi connectivity index (χ1) is 13.4. The van der Waals surface area contributed by atoms with Crippen molar-refractivity contribution in [1.82, 2.24) is 4.98 Å². The third-order valence-electron chi connectivity index (χ3n) is 4.57. The second-order valence-electron chi connectivity index (χ2n) is 6.79. The van der Waals surface area contributed by atoms with Crippen LogP contribution in [0.15, 0.2) is 22.5 Å². The summed E-state index contributed by atoms with van der Waals surface area (Å²) in [6, 6.07) is 5.09. The van der Waals surface area contributed by atoms with Crippen molar-refractivity contribution in [2.45, 2.75) is 40.2 Å². The molecule has 2 aromatic rings. The number of ether oxygens (including phenoxy) is 1. The van der Waals surface area contributed by atoms with Crippen LogP contribution >= 0.6 is 11.3 Å². The summed E-state index contributed by atoms with van der Waals surface area (Å²) >= 11 is -1.17. The monoisotopic (exact) mass is 484 g/mol. The van der Waals surface area contributed by atoms with Crippen LogP contribution < -0.4 is 5.32 Å². The second kappa shape index (κ2) is 8.53. The van der Waals surface area contributed by atoms with Crippen molar-refractivity contribution in [3.63, 3.8) is 0 Å². The van der Waals surface area contributed by atoms with Crippen molar-refractivity contribution in [3.8, 4) is 0 Å². The maximum absolute atomic E-state index is 11.6. The van der Waals surface area contributed by atoms with E-state index in [9.17, 15) is 30.1 Å². The van der Waals surface area contributed by atoms with Crippen LogP contribution in [-0.2, 0) is 35.8 Å². The van der Waals surface area contributed by atoms with Gasteiger partial charge in [0.1, 0.15) is 6.73 Å². The fourth-order valence-corrected chi connectivity index (χ4v) is 6.83. The highest BCUT2D eigenvalue weighted by atomic mass is 32.2. The molecule has 0 aliphatic heterocycles. The summed E-state index contributed by atoms with van der Waals surface area (Å²) in [5, 5.41) is 1.04. The Kier molecular flexibility index (Phi) is 6.62. The molecule has 3 rings (SSSR count). The van der Waals surface area contributed by atoms with Gasteiger partial charge in [-0.15, -0.1) is 11.3 Å². The van der Waals surface area contributed by atoms with E-state index in [-0.39, 0.29) is 30.3 Å². The molecular weight excluding hydrogens is 464 g/mol. The number of sulfone groups is 1. The fraction of sp³-hybridized carbons (Fsp3) is 0.533. The molecule has 0 spiro atoms. The standard InChI is InChI=1S/C15H20N2O8S4/c1-28(20,21)15-17-13-3-2-9(4-14(13)26-15)16-8-25-10-5-11(27(18)19)7-12(6-10)29(22,23)24/h2-4,10-12,16H,5-8H2,1H3,(H,18,19)(H,22,23,24). The summed E-state index contributed by atoms with van der Waals surface area (Å²) < 4.78 is 82.5. The van der Waals surface area contributed by atoms with Crippen LogP contribution in [0, 0.1) is 0 Å². The Morgan fingerprint density at radius 2 is 2.00 bits per heavy atom. The molecule has 1 aliphatic rings. The largest absolute Gasteiger partial charge is 0.363 e. The van der Waals surface area contributed by atoms with Gasteiger partial charge in [-0.3, -0.25) is 4.55 Å². The Bertz CT molecular complexity index is 1130. The molecule has 4 atom stereocenters. The maximum atomic E-state index is 11.6. The van der Waals surface area contributed by atoms with E-state index in [4.69, 9.17) is 4.74 Å². The van der Waals surface area contributed by atoms with Gasteiger partial charge in [0.05, 0.1) is 26.8 Å².